The van der Waals surface area contributed by atoms with Gasteiger partial charge in [-0.15, -0.1) is 0 Å². The van der Waals surface area contributed by atoms with Crippen LogP contribution < -0.4 is 21.7 Å². The van der Waals surface area contributed by atoms with Crippen LogP contribution in [0.2, 0.25) is 0 Å². The summed E-state index contributed by atoms with van der Waals surface area (Å²) >= 11 is 5.65. The van der Waals surface area contributed by atoms with E-state index in [2.05, 4.69) is 4.84 Å². The summed E-state index contributed by atoms with van der Waals surface area (Å²) in [6.45, 7) is 4.58. The van der Waals surface area contributed by atoms with Gasteiger partial charge in [0.05, 0.1) is 26.2 Å². The molecule has 0 radical (unpaired) electrons. The summed E-state index contributed by atoms with van der Waals surface area (Å²) < 4.78 is 38.6. The molecule has 0 unspecified atom stereocenters. The van der Waals surface area contributed by atoms with Crippen LogP contribution in [0.25, 0.3) is 0 Å². The van der Waals surface area contributed by atoms with Gasteiger partial charge in [0.1, 0.15) is 5.69 Å². The molecule has 1 N–H and O–H groups in total. The fourth-order valence-electron chi connectivity index (χ4n) is 1.79. The van der Waals surface area contributed by atoms with E-state index >= 15 is 0 Å². The van der Waals surface area contributed by atoms with Gasteiger partial charge < -0.3 is 12.4 Å². The predicted octanol–water partition coefficient (Wildman–Crippen LogP) is 1.19. The second-order valence-electron chi connectivity index (χ2n) is 6.19. The van der Waals surface area contributed by atoms with Crippen LogP contribution in [0.15, 0.2) is 24.3 Å². The first-order valence-corrected chi connectivity index (χ1v) is 6.74. The highest BCUT2D eigenvalue weighted by Crippen LogP contribution is 2.32. The third kappa shape index (κ3) is 6.02. The van der Waals surface area contributed by atoms with Gasteiger partial charge in [-0.1, -0.05) is 6.07 Å². The molecule has 21 heavy (non-hydrogen) atoms. The summed E-state index contributed by atoms with van der Waals surface area (Å²) in [5.41, 5.74) is -0.250. The van der Waals surface area contributed by atoms with Crippen molar-refractivity contribution in [1.29, 1.82) is 0 Å². The Labute approximate surface area is 135 Å². The summed E-state index contributed by atoms with van der Waals surface area (Å²) in [6.07, 6.45) is -3.58. The van der Waals surface area contributed by atoms with Crippen molar-refractivity contribution < 1.29 is 25.6 Å². The fourth-order valence-corrected chi connectivity index (χ4v) is 1.89. The number of rotatable bonds is 5. The average molecular weight is 345 g/mol. The number of nitrogens with one attached hydrogen (secondary N) is 1. The van der Waals surface area contributed by atoms with E-state index in [0.717, 1.165) is 12.5 Å². The zero-order valence-corrected chi connectivity index (χ0v) is 14.1. The number of benzene rings is 1. The molecule has 0 spiro atoms. The molecule has 0 atom stereocenters. The highest BCUT2D eigenvalue weighted by molar-refractivity contribution is 6.13. The van der Waals surface area contributed by atoms with Crippen molar-refractivity contribution in [2.45, 2.75) is 32.0 Å². The Morgan fingerprint density at radius 1 is 1.19 bits per heavy atom. The van der Waals surface area contributed by atoms with Crippen LogP contribution in [0.5, 0.6) is 0 Å². The minimum absolute atomic E-state index is 0. The standard InChI is InChI=1S/C14H21ClF3N2.ClH/c1-13(2,19-15)8-9-20(3,4)12-7-5-6-11(10-12)14(16,17)18;/h5-7,10,19H,8-9H2,1-4H3;1H/q+1;/p-1. The van der Waals surface area contributed by atoms with Crippen LogP contribution in [0.4, 0.5) is 18.9 Å². The van der Waals surface area contributed by atoms with Crippen molar-refractivity contribution in [2.75, 3.05) is 20.6 Å². The van der Waals surface area contributed by atoms with E-state index in [-0.39, 0.29) is 17.9 Å². The number of alkyl halides is 3. The summed E-state index contributed by atoms with van der Waals surface area (Å²) in [7, 11) is 3.78. The maximum atomic E-state index is 12.8. The topological polar surface area (TPSA) is 12.0 Å². The molecule has 1 aromatic rings. The Balaban J connectivity index is 0.00000400. The zero-order chi connectivity index (χ0) is 15.6. The van der Waals surface area contributed by atoms with E-state index in [1.807, 2.05) is 27.9 Å². The van der Waals surface area contributed by atoms with Crippen LogP contribution in [-0.4, -0.2) is 26.2 Å². The molecule has 0 bridgehead atoms. The minimum Gasteiger partial charge on any atom is -1.00 e. The van der Waals surface area contributed by atoms with Crippen molar-refractivity contribution in [3.63, 3.8) is 0 Å². The number of hydrogen-bond acceptors (Lipinski definition) is 1. The first kappa shape index (κ1) is 20.5. The van der Waals surface area contributed by atoms with E-state index in [4.69, 9.17) is 11.8 Å². The molecule has 0 fully saturated rings. The monoisotopic (exact) mass is 344 g/mol. The van der Waals surface area contributed by atoms with Crippen LogP contribution in [0.3, 0.4) is 0 Å². The molecule has 1 aromatic carbocycles. The molecule has 0 saturated carbocycles. The fraction of sp³-hybridized carbons (Fsp3) is 0.571. The lowest BCUT2D eigenvalue weighted by Gasteiger charge is -2.33. The summed E-state index contributed by atoms with van der Waals surface area (Å²) in [5, 5.41) is 0. The van der Waals surface area contributed by atoms with Gasteiger partial charge in [0.2, 0.25) is 0 Å². The lowest BCUT2D eigenvalue weighted by atomic mass is 10.0. The number of hydrogen-bond donors (Lipinski definition) is 1. The van der Waals surface area contributed by atoms with Crippen LogP contribution in [0.1, 0.15) is 25.8 Å². The number of halogens is 5. The van der Waals surface area contributed by atoms with Crippen molar-refractivity contribution >= 4 is 17.5 Å². The van der Waals surface area contributed by atoms with Crippen LogP contribution in [0, 0.1) is 0 Å². The number of quaternary nitrogens is 1. The smallest absolute Gasteiger partial charge is 0.416 e. The quantitative estimate of drug-likeness (QED) is 0.625. The molecule has 0 aliphatic carbocycles. The van der Waals surface area contributed by atoms with Gasteiger partial charge in [0, 0.05) is 18.0 Å². The normalized spacial score (nSPS) is 13.0. The Kier molecular flexibility index (Phi) is 7.01. The third-order valence-corrected chi connectivity index (χ3v) is 3.94. The Hall–Kier alpha value is -0.490. The molecule has 0 amide bonds. The van der Waals surface area contributed by atoms with Crippen LogP contribution >= 0.6 is 11.8 Å². The predicted molar refractivity (Wildman–Crippen MR) is 77.6 cm³/mol. The van der Waals surface area contributed by atoms with E-state index in [0.29, 0.717) is 16.7 Å². The highest BCUT2D eigenvalue weighted by Gasteiger charge is 2.33. The van der Waals surface area contributed by atoms with Gasteiger partial charge in [-0.05, 0) is 37.8 Å². The van der Waals surface area contributed by atoms with Crippen LogP contribution in [-0.2, 0) is 6.18 Å². The lowest BCUT2D eigenvalue weighted by Crippen LogP contribution is -3.00. The second kappa shape index (κ2) is 7.18. The molecule has 2 nitrogen and oxygen atoms in total. The SMILES string of the molecule is CC(C)(CC[N+](C)(C)c1cccc(C(F)(F)F)c1)NCl.[Cl-]. The summed E-state index contributed by atoms with van der Waals surface area (Å²) in [6, 6.07) is 5.47. The van der Waals surface area contributed by atoms with E-state index < -0.39 is 11.7 Å². The average Bonchev–Trinajstić information content (AvgIpc) is 2.36. The molecule has 0 saturated heterocycles. The molecular formula is C14H21Cl2F3N2. The lowest BCUT2D eigenvalue weighted by molar-refractivity contribution is -0.137. The largest absolute Gasteiger partial charge is 1.00 e. The van der Waals surface area contributed by atoms with E-state index in [9.17, 15) is 13.2 Å². The van der Waals surface area contributed by atoms with Gasteiger partial charge in [-0.2, -0.15) is 13.2 Å². The van der Waals surface area contributed by atoms with Gasteiger partial charge in [0.15, 0.2) is 0 Å². The van der Waals surface area contributed by atoms with E-state index in [1.165, 1.54) is 12.1 Å². The molecule has 1 rings (SSSR count). The van der Waals surface area contributed by atoms with Gasteiger partial charge in [-0.25, -0.2) is 4.84 Å². The Bertz CT molecular complexity index is 460. The highest BCUT2D eigenvalue weighted by atomic mass is 35.5. The van der Waals surface area contributed by atoms with Crippen molar-refractivity contribution in [1.82, 2.24) is 9.32 Å². The second-order valence-corrected chi connectivity index (χ2v) is 6.37. The maximum absolute atomic E-state index is 12.8. The molecular weight excluding hydrogens is 324 g/mol. The third-order valence-electron chi connectivity index (χ3n) is 3.42. The molecule has 0 heterocycles. The first-order valence-electron chi connectivity index (χ1n) is 6.37. The van der Waals surface area contributed by atoms with Gasteiger partial charge in [-0.3, -0.25) is 4.48 Å². The minimum atomic E-state index is -4.31. The molecule has 7 heteroatoms. The summed E-state index contributed by atoms with van der Waals surface area (Å²) in [4.78, 5) is 2.68. The Morgan fingerprint density at radius 3 is 2.24 bits per heavy atom. The molecule has 0 aliphatic heterocycles. The van der Waals surface area contributed by atoms with Gasteiger partial charge in [0.25, 0.3) is 0 Å². The first-order chi connectivity index (χ1) is 8.98. The maximum Gasteiger partial charge on any atom is 0.416 e. The van der Waals surface area contributed by atoms with Crippen molar-refractivity contribution in [3.8, 4) is 0 Å². The summed E-state index contributed by atoms with van der Waals surface area (Å²) in [5.74, 6) is 0. The molecule has 0 aliphatic rings. The Morgan fingerprint density at radius 2 is 1.76 bits per heavy atom. The van der Waals surface area contributed by atoms with Gasteiger partial charge >= 0.3 is 6.18 Å². The number of nitrogens with zero attached hydrogens (tertiary/aromatic N) is 1. The van der Waals surface area contributed by atoms with Crippen molar-refractivity contribution in [2.24, 2.45) is 0 Å². The zero-order valence-electron chi connectivity index (χ0n) is 12.6. The molecule has 0 aromatic heterocycles. The molecule has 122 valence electrons. The van der Waals surface area contributed by atoms with Crippen molar-refractivity contribution in [3.05, 3.63) is 29.8 Å². The van der Waals surface area contributed by atoms with E-state index in [1.54, 1.807) is 6.07 Å².